The van der Waals surface area contributed by atoms with Crippen LogP contribution in [0, 0.1) is 0 Å². The van der Waals surface area contributed by atoms with Gasteiger partial charge in [-0.05, 0) is 30.7 Å². The van der Waals surface area contributed by atoms with E-state index in [1.165, 1.54) is 5.56 Å². The van der Waals surface area contributed by atoms with Crippen LogP contribution in [0.1, 0.15) is 24.0 Å². The van der Waals surface area contributed by atoms with Crippen LogP contribution in [-0.4, -0.2) is 24.2 Å². The average molecular weight is 303 g/mol. The zero-order chi connectivity index (χ0) is 14.7. The van der Waals surface area contributed by atoms with Crippen LogP contribution in [0.25, 0.3) is 0 Å². The lowest BCUT2D eigenvalue weighted by Crippen LogP contribution is -2.37. The normalized spacial score (nSPS) is 18.1. The van der Waals surface area contributed by atoms with Crippen molar-refractivity contribution in [1.29, 1.82) is 0 Å². The summed E-state index contributed by atoms with van der Waals surface area (Å²) in [5, 5.41) is 4.31. The van der Waals surface area contributed by atoms with Crippen LogP contribution in [0.5, 0.6) is 5.75 Å². The van der Waals surface area contributed by atoms with Crippen molar-refractivity contribution in [3.63, 3.8) is 0 Å². The molecule has 21 heavy (non-hydrogen) atoms. The highest BCUT2D eigenvalue weighted by molar-refractivity contribution is 6.31. The largest absolute Gasteiger partial charge is 0.493 e. The Morgan fingerprint density at radius 1 is 1.38 bits per heavy atom. The molecule has 1 aliphatic heterocycles. The first kappa shape index (κ1) is 14.4. The number of halogens is 1. The number of ether oxygens (including phenoxy) is 1. The molecule has 1 aliphatic rings. The van der Waals surface area contributed by atoms with Crippen molar-refractivity contribution in [2.45, 2.75) is 25.3 Å². The van der Waals surface area contributed by atoms with Crippen LogP contribution >= 0.6 is 11.6 Å². The summed E-state index contributed by atoms with van der Waals surface area (Å²) < 4.78 is 5.82. The van der Waals surface area contributed by atoms with Crippen molar-refractivity contribution >= 4 is 11.6 Å². The summed E-state index contributed by atoms with van der Waals surface area (Å²) in [7, 11) is 0. The van der Waals surface area contributed by atoms with Crippen LogP contribution in [0.15, 0.2) is 42.7 Å². The molecule has 1 aromatic carbocycles. The van der Waals surface area contributed by atoms with E-state index in [1.54, 1.807) is 12.4 Å². The second-order valence-electron chi connectivity index (χ2n) is 5.29. The molecule has 2 aromatic rings. The summed E-state index contributed by atoms with van der Waals surface area (Å²) in [6, 6.07) is 10.6. The first-order valence-corrected chi connectivity index (χ1v) is 7.71. The number of hydrogen-bond acceptors (Lipinski definition) is 3. The number of nitrogens with one attached hydrogen (secondary N) is 1. The van der Waals surface area contributed by atoms with Crippen molar-refractivity contribution < 1.29 is 4.74 Å². The minimum atomic E-state index is 0.304. The third-order valence-corrected chi connectivity index (χ3v) is 4.33. The fourth-order valence-corrected chi connectivity index (χ4v) is 3.14. The lowest BCUT2D eigenvalue weighted by atomic mass is 9.89. The van der Waals surface area contributed by atoms with Gasteiger partial charge in [0.1, 0.15) is 5.75 Å². The molecular formula is C17H19ClN2O. The van der Waals surface area contributed by atoms with E-state index in [0.29, 0.717) is 12.0 Å². The van der Waals surface area contributed by atoms with Crippen molar-refractivity contribution in [1.82, 2.24) is 10.3 Å². The highest BCUT2D eigenvalue weighted by Gasteiger charge is 2.31. The number of aromatic nitrogens is 1. The molecular weight excluding hydrogens is 284 g/mol. The standard InChI is InChI=1S/C17H19ClN2O/c1-2-20-16(9-12-7-8-19-10-15(12)18)14-11-21-17-6-4-3-5-13(14)17/h3-8,10,14,16,20H,2,9,11H2,1H3. The number of benzene rings is 1. The molecule has 3 rings (SSSR count). The highest BCUT2D eigenvalue weighted by Crippen LogP contribution is 2.36. The third-order valence-electron chi connectivity index (χ3n) is 3.99. The number of fused-ring (bicyclic) bond motifs is 1. The molecule has 0 saturated heterocycles. The number of likely N-dealkylation sites (N-methyl/N-ethyl adjacent to an activating group) is 1. The first-order valence-electron chi connectivity index (χ1n) is 7.33. The van der Waals surface area contributed by atoms with Crippen molar-refractivity contribution in [3.05, 3.63) is 58.9 Å². The van der Waals surface area contributed by atoms with E-state index in [-0.39, 0.29) is 0 Å². The predicted octanol–water partition coefficient (Wildman–Crippen LogP) is 3.43. The lowest BCUT2D eigenvalue weighted by Gasteiger charge is -2.24. The average Bonchev–Trinajstić information content (AvgIpc) is 2.93. The molecule has 0 bridgehead atoms. The number of nitrogens with zero attached hydrogens (tertiary/aromatic N) is 1. The highest BCUT2D eigenvalue weighted by atomic mass is 35.5. The van der Waals surface area contributed by atoms with Gasteiger partial charge >= 0.3 is 0 Å². The summed E-state index contributed by atoms with van der Waals surface area (Å²) in [5.41, 5.74) is 2.41. The molecule has 4 heteroatoms. The van der Waals surface area contributed by atoms with Gasteiger partial charge in [-0.2, -0.15) is 0 Å². The Morgan fingerprint density at radius 2 is 2.24 bits per heavy atom. The number of rotatable bonds is 5. The molecule has 1 N–H and O–H groups in total. The van der Waals surface area contributed by atoms with Crippen LogP contribution in [0.4, 0.5) is 0 Å². The molecule has 3 nitrogen and oxygen atoms in total. The summed E-state index contributed by atoms with van der Waals surface area (Å²) in [6.07, 6.45) is 4.37. The molecule has 0 aliphatic carbocycles. The number of pyridine rings is 1. The maximum atomic E-state index is 6.25. The van der Waals surface area contributed by atoms with E-state index in [0.717, 1.165) is 35.9 Å². The SMILES string of the molecule is CCNC(Cc1ccncc1Cl)C1COc2ccccc21. The molecule has 0 fully saturated rings. The van der Waals surface area contributed by atoms with Gasteiger partial charge in [0.25, 0.3) is 0 Å². The van der Waals surface area contributed by atoms with E-state index >= 15 is 0 Å². The van der Waals surface area contributed by atoms with Gasteiger partial charge in [-0.3, -0.25) is 4.98 Å². The maximum absolute atomic E-state index is 6.25. The Hall–Kier alpha value is -1.58. The lowest BCUT2D eigenvalue weighted by molar-refractivity contribution is 0.298. The molecule has 1 aromatic heterocycles. The second kappa shape index (κ2) is 6.46. The Balaban J connectivity index is 1.84. The van der Waals surface area contributed by atoms with E-state index in [9.17, 15) is 0 Å². The van der Waals surface area contributed by atoms with Gasteiger partial charge in [0.2, 0.25) is 0 Å². The Bertz CT molecular complexity index is 617. The van der Waals surface area contributed by atoms with Crippen molar-refractivity contribution in [3.8, 4) is 5.75 Å². The molecule has 2 unspecified atom stereocenters. The summed E-state index contributed by atoms with van der Waals surface area (Å²) >= 11 is 6.25. The number of hydrogen-bond donors (Lipinski definition) is 1. The Morgan fingerprint density at radius 3 is 3.05 bits per heavy atom. The van der Waals surface area contributed by atoms with E-state index in [1.807, 2.05) is 18.2 Å². The predicted molar refractivity (Wildman–Crippen MR) is 85.1 cm³/mol. The monoisotopic (exact) mass is 302 g/mol. The van der Waals surface area contributed by atoms with Crippen LogP contribution in [0.2, 0.25) is 5.02 Å². The molecule has 0 spiro atoms. The van der Waals surface area contributed by atoms with Gasteiger partial charge in [-0.15, -0.1) is 0 Å². The smallest absolute Gasteiger partial charge is 0.122 e. The van der Waals surface area contributed by atoms with Crippen LogP contribution in [0.3, 0.4) is 0 Å². The van der Waals surface area contributed by atoms with Crippen molar-refractivity contribution in [2.24, 2.45) is 0 Å². The van der Waals surface area contributed by atoms with Crippen LogP contribution < -0.4 is 10.1 Å². The summed E-state index contributed by atoms with van der Waals surface area (Å²) in [5.74, 6) is 1.36. The maximum Gasteiger partial charge on any atom is 0.122 e. The fourth-order valence-electron chi connectivity index (χ4n) is 2.95. The minimum absolute atomic E-state index is 0.304. The zero-order valence-electron chi connectivity index (χ0n) is 12.1. The Labute approximate surface area is 130 Å². The van der Waals surface area contributed by atoms with E-state index in [4.69, 9.17) is 16.3 Å². The van der Waals surface area contributed by atoms with E-state index < -0.39 is 0 Å². The minimum Gasteiger partial charge on any atom is -0.493 e. The molecule has 0 radical (unpaired) electrons. The van der Waals surface area contributed by atoms with Gasteiger partial charge < -0.3 is 10.1 Å². The molecule has 0 saturated carbocycles. The van der Waals surface area contributed by atoms with Gasteiger partial charge in [-0.25, -0.2) is 0 Å². The molecule has 110 valence electrons. The van der Waals surface area contributed by atoms with Gasteiger partial charge in [0.05, 0.1) is 11.6 Å². The van der Waals surface area contributed by atoms with Crippen LogP contribution in [-0.2, 0) is 6.42 Å². The van der Waals surface area contributed by atoms with Gasteiger partial charge in [0.15, 0.2) is 0 Å². The fraction of sp³-hybridized carbons (Fsp3) is 0.353. The quantitative estimate of drug-likeness (QED) is 0.919. The first-order chi connectivity index (χ1) is 10.3. The summed E-state index contributed by atoms with van der Waals surface area (Å²) in [4.78, 5) is 4.05. The topological polar surface area (TPSA) is 34.2 Å². The van der Waals surface area contributed by atoms with Gasteiger partial charge in [-0.1, -0.05) is 36.7 Å². The molecule has 2 heterocycles. The number of para-hydroxylation sites is 1. The zero-order valence-corrected chi connectivity index (χ0v) is 12.8. The van der Waals surface area contributed by atoms with Crippen molar-refractivity contribution in [2.75, 3.05) is 13.2 Å². The second-order valence-corrected chi connectivity index (χ2v) is 5.70. The molecule has 0 amide bonds. The van der Waals surface area contributed by atoms with E-state index in [2.05, 4.69) is 29.4 Å². The van der Waals surface area contributed by atoms with Gasteiger partial charge in [0, 0.05) is 29.9 Å². The third kappa shape index (κ3) is 3.04. The Kier molecular flexibility index (Phi) is 4.42. The molecule has 2 atom stereocenters. The summed E-state index contributed by atoms with van der Waals surface area (Å²) in [6.45, 7) is 3.77.